The molecule has 6 heteroatoms. The fourth-order valence-corrected chi connectivity index (χ4v) is 2.20. The predicted octanol–water partition coefficient (Wildman–Crippen LogP) is 3.22. The average Bonchev–Trinajstić information content (AvgIpc) is 2.90. The molecular formula is C16H14N4O2. The first-order valence-corrected chi connectivity index (χ1v) is 6.71. The Morgan fingerprint density at radius 3 is 2.73 bits per heavy atom. The minimum absolute atomic E-state index is 0.162. The molecule has 0 unspecified atom stereocenters. The third kappa shape index (κ3) is 2.54. The van der Waals surface area contributed by atoms with Gasteiger partial charge in [-0.15, -0.1) is 0 Å². The van der Waals surface area contributed by atoms with Crippen LogP contribution in [-0.2, 0) is 0 Å². The van der Waals surface area contributed by atoms with Gasteiger partial charge in [-0.3, -0.25) is 10.1 Å². The normalized spacial score (nSPS) is 10.4. The van der Waals surface area contributed by atoms with E-state index < -0.39 is 5.97 Å². The molecule has 2 aromatic heterocycles. The molecule has 0 radical (unpaired) electrons. The topological polar surface area (TPSA) is 90.9 Å². The molecule has 0 atom stereocenters. The zero-order valence-electron chi connectivity index (χ0n) is 11.9. The number of hydrogen-bond acceptors (Lipinski definition) is 4. The molecule has 0 aliphatic heterocycles. The van der Waals surface area contributed by atoms with Crippen LogP contribution in [0, 0.1) is 6.92 Å². The van der Waals surface area contributed by atoms with Gasteiger partial charge in [0, 0.05) is 11.8 Å². The van der Waals surface area contributed by atoms with Gasteiger partial charge in [0.25, 0.3) is 0 Å². The second-order valence-corrected chi connectivity index (χ2v) is 4.79. The maximum Gasteiger partial charge on any atom is 0.337 e. The second kappa shape index (κ2) is 5.69. The maximum absolute atomic E-state index is 11.3. The Balaban J connectivity index is 2.04. The Morgan fingerprint density at radius 2 is 2.00 bits per heavy atom. The van der Waals surface area contributed by atoms with Gasteiger partial charge < -0.3 is 10.4 Å². The number of carbonyl (C=O) groups is 1. The number of aromatic amines is 1. The van der Waals surface area contributed by atoms with Crippen molar-refractivity contribution in [3.63, 3.8) is 0 Å². The van der Waals surface area contributed by atoms with Gasteiger partial charge in [-0.1, -0.05) is 30.3 Å². The van der Waals surface area contributed by atoms with E-state index in [0.717, 1.165) is 22.6 Å². The van der Waals surface area contributed by atoms with Crippen molar-refractivity contribution in [3.8, 4) is 11.3 Å². The summed E-state index contributed by atoms with van der Waals surface area (Å²) < 4.78 is 0. The summed E-state index contributed by atoms with van der Waals surface area (Å²) in [4.78, 5) is 15.3. The van der Waals surface area contributed by atoms with Crippen LogP contribution in [0.4, 0.5) is 11.4 Å². The van der Waals surface area contributed by atoms with E-state index >= 15 is 0 Å². The lowest BCUT2D eigenvalue weighted by molar-refractivity contribution is 0.0698. The minimum atomic E-state index is -1.01. The number of nitrogens with one attached hydrogen (secondary N) is 2. The number of aromatic carboxylic acids is 1. The third-order valence-electron chi connectivity index (χ3n) is 3.31. The maximum atomic E-state index is 11.3. The number of hydrogen-bond donors (Lipinski definition) is 3. The van der Waals surface area contributed by atoms with Gasteiger partial charge in [-0.05, 0) is 13.0 Å². The molecule has 3 rings (SSSR count). The van der Waals surface area contributed by atoms with E-state index in [1.807, 2.05) is 37.3 Å². The molecular weight excluding hydrogens is 280 g/mol. The van der Waals surface area contributed by atoms with Crippen molar-refractivity contribution < 1.29 is 9.90 Å². The van der Waals surface area contributed by atoms with Crippen LogP contribution in [0.25, 0.3) is 11.3 Å². The number of aryl methyl sites for hydroxylation is 1. The summed E-state index contributed by atoms with van der Waals surface area (Å²) in [6.07, 6.45) is 2.94. The molecule has 3 N–H and O–H groups in total. The SMILES string of the molecule is Cc1[nH]nc(-c2ccccc2)c1Nc1cnccc1C(=O)O. The van der Waals surface area contributed by atoms with Crippen LogP contribution < -0.4 is 5.32 Å². The van der Waals surface area contributed by atoms with Crippen molar-refractivity contribution in [2.75, 3.05) is 5.32 Å². The summed E-state index contributed by atoms with van der Waals surface area (Å²) >= 11 is 0. The number of nitrogens with zero attached hydrogens (tertiary/aromatic N) is 2. The fraction of sp³-hybridized carbons (Fsp3) is 0.0625. The van der Waals surface area contributed by atoms with Crippen molar-refractivity contribution >= 4 is 17.3 Å². The summed E-state index contributed by atoms with van der Waals surface area (Å²) in [5, 5.41) is 19.6. The smallest absolute Gasteiger partial charge is 0.337 e. The first-order chi connectivity index (χ1) is 10.7. The van der Waals surface area contributed by atoms with Crippen LogP contribution in [0.5, 0.6) is 0 Å². The van der Waals surface area contributed by atoms with Crippen LogP contribution in [0.2, 0.25) is 0 Å². The highest BCUT2D eigenvalue weighted by molar-refractivity contribution is 5.95. The number of anilines is 2. The van der Waals surface area contributed by atoms with Gasteiger partial charge >= 0.3 is 5.97 Å². The Labute approximate surface area is 126 Å². The van der Waals surface area contributed by atoms with Gasteiger partial charge in [0.15, 0.2) is 0 Å². The number of carboxylic acids is 1. The molecule has 0 saturated heterocycles. The molecule has 6 nitrogen and oxygen atoms in total. The molecule has 22 heavy (non-hydrogen) atoms. The summed E-state index contributed by atoms with van der Waals surface area (Å²) in [6, 6.07) is 11.1. The number of H-pyrrole nitrogens is 1. The quantitative estimate of drug-likeness (QED) is 0.687. The number of carboxylic acid groups (broad SMARTS) is 1. The highest BCUT2D eigenvalue weighted by Crippen LogP contribution is 2.31. The van der Waals surface area contributed by atoms with Gasteiger partial charge in [0.05, 0.1) is 28.8 Å². The molecule has 0 saturated carbocycles. The Hall–Kier alpha value is -3.15. The predicted molar refractivity (Wildman–Crippen MR) is 83.2 cm³/mol. The summed E-state index contributed by atoms with van der Waals surface area (Å²) in [5.74, 6) is -1.01. The van der Waals surface area contributed by atoms with E-state index in [2.05, 4.69) is 20.5 Å². The van der Waals surface area contributed by atoms with E-state index in [4.69, 9.17) is 0 Å². The highest BCUT2D eigenvalue weighted by Gasteiger charge is 2.16. The summed E-state index contributed by atoms with van der Waals surface area (Å²) in [5.41, 5.74) is 3.82. The van der Waals surface area contributed by atoms with Crippen molar-refractivity contribution in [1.29, 1.82) is 0 Å². The van der Waals surface area contributed by atoms with Gasteiger partial charge in [0.2, 0.25) is 0 Å². The zero-order chi connectivity index (χ0) is 15.5. The van der Waals surface area contributed by atoms with E-state index in [1.165, 1.54) is 18.5 Å². The summed E-state index contributed by atoms with van der Waals surface area (Å²) in [6.45, 7) is 1.87. The fourth-order valence-electron chi connectivity index (χ4n) is 2.20. The first kappa shape index (κ1) is 13.8. The standard InChI is InChI=1S/C16H14N4O2/c1-10-14(15(20-19-10)11-5-3-2-4-6-11)18-13-9-17-8-7-12(13)16(21)22/h2-9,18H,1H3,(H,19,20)(H,21,22). The lowest BCUT2D eigenvalue weighted by atomic mass is 10.1. The number of aromatic nitrogens is 3. The second-order valence-electron chi connectivity index (χ2n) is 4.79. The molecule has 110 valence electrons. The van der Waals surface area contributed by atoms with Crippen LogP contribution in [0.1, 0.15) is 16.1 Å². The molecule has 2 heterocycles. The summed E-state index contributed by atoms with van der Waals surface area (Å²) in [7, 11) is 0. The zero-order valence-corrected chi connectivity index (χ0v) is 11.9. The van der Waals surface area contributed by atoms with Crippen LogP contribution >= 0.6 is 0 Å². The molecule has 0 amide bonds. The van der Waals surface area contributed by atoms with E-state index in [-0.39, 0.29) is 5.56 Å². The van der Waals surface area contributed by atoms with E-state index in [1.54, 1.807) is 0 Å². The Bertz CT molecular complexity index is 812. The van der Waals surface area contributed by atoms with Crippen molar-refractivity contribution in [2.45, 2.75) is 6.92 Å². The largest absolute Gasteiger partial charge is 0.478 e. The third-order valence-corrected chi connectivity index (χ3v) is 3.31. The highest BCUT2D eigenvalue weighted by atomic mass is 16.4. The van der Waals surface area contributed by atoms with Crippen LogP contribution in [0.3, 0.4) is 0 Å². The van der Waals surface area contributed by atoms with Gasteiger partial charge in [0.1, 0.15) is 5.69 Å². The molecule has 0 aliphatic rings. The van der Waals surface area contributed by atoms with Crippen molar-refractivity contribution in [3.05, 3.63) is 60.0 Å². The van der Waals surface area contributed by atoms with Crippen LogP contribution in [-0.4, -0.2) is 26.3 Å². The van der Waals surface area contributed by atoms with Gasteiger partial charge in [-0.25, -0.2) is 4.79 Å². The number of pyridine rings is 1. The van der Waals surface area contributed by atoms with Crippen molar-refractivity contribution in [1.82, 2.24) is 15.2 Å². The average molecular weight is 294 g/mol. The van der Waals surface area contributed by atoms with Gasteiger partial charge in [-0.2, -0.15) is 5.10 Å². The van der Waals surface area contributed by atoms with Crippen LogP contribution in [0.15, 0.2) is 48.8 Å². The first-order valence-electron chi connectivity index (χ1n) is 6.71. The Kier molecular flexibility index (Phi) is 3.57. The minimum Gasteiger partial charge on any atom is -0.478 e. The lowest BCUT2D eigenvalue weighted by Gasteiger charge is -2.10. The van der Waals surface area contributed by atoms with E-state index in [0.29, 0.717) is 5.69 Å². The molecule has 0 spiro atoms. The van der Waals surface area contributed by atoms with E-state index in [9.17, 15) is 9.90 Å². The lowest BCUT2D eigenvalue weighted by Crippen LogP contribution is -2.04. The monoisotopic (exact) mass is 294 g/mol. The number of benzene rings is 1. The molecule has 0 aliphatic carbocycles. The molecule has 3 aromatic rings. The molecule has 1 aromatic carbocycles. The Morgan fingerprint density at radius 1 is 1.23 bits per heavy atom. The van der Waals surface area contributed by atoms with Crippen molar-refractivity contribution in [2.24, 2.45) is 0 Å². The molecule has 0 bridgehead atoms. The number of rotatable bonds is 4. The molecule has 0 fully saturated rings.